The van der Waals surface area contributed by atoms with E-state index in [2.05, 4.69) is 10.0 Å². The molecule has 0 radical (unpaired) electrons. The fourth-order valence-corrected chi connectivity index (χ4v) is 7.69. The fourth-order valence-electron chi connectivity index (χ4n) is 6.57. The molecule has 0 unspecified atom stereocenters. The lowest BCUT2D eigenvalue weighted by atomic mass is 9.84. The minimum Gasteiger partial charge on any atom is -0.395 e. The molecular weight excluding hydrogens is 710 g/mol. The van der Waals surface area contributed by atoms with Gasteiger partial charge in [-0.3, -0.25) is 0 Å². The highest BCUT2D eigenvalue weighted by molar-refractivity contribution is 7.89. The van der Waals surface area contributed by atoms with Crippen LogP contribution in [0.25, 0.3) is 0 Å². The van der Waals surface area contributed by atoms with Crippen molar-refractivity contribution in [1.82, 2.24) is 10.0 Å². The Hall–Kier alpha value is -0.890. The number of nitrogens with two attached hydrogens (primary N) is 5. The van der Waals surface area contributed by atoms with E-state index < -0.39 is 139 Å². The third kappa shape index (κ3) is 9.87. The lowest BCUT2D eigenvalue weighted by Crippen LogP contribution is -2.69. The topological polar surface area (TPSA) is 406 Å². The van der Waals surface area contributed by atoms with Crippen molar-refractivity contribution in [2.75, 3.05) is 45.1 Å². The second-order valence-corrected chi connectivity index (χ2v) is 15.0. The summed E-state index contributed by atoms with van der Waals surface area (Å²) in [6, 6.07) is -5.05. The zero-order valence-corrected chi connectivity index (χ0v) is 28.6. The quantitative estimate of drug-likeness (QED) is 0.0648. The number of aliphatic hydroxyl groups is 8. The van der Waals surface area contributed by atoms with E-state index in [4.69, 9.17) is 62.2 Å². The number of ether oxygens (including phenoxy) is 6. The molecule has 23 nitrogen and oxygen atoms in total. The molecule has 3 aliphatic heterocycles. The van der Waals surface area contributed by atoms with Crippen molar-refractivity contribution in [3.8, 4) is 0 Å². The number of sulfonamides is 1. The van der Waals surface area contributed by atoms with Crippen molar-refractivity contribution in [2.45, 2.75) is 123 Å². The molecule has 4 fully saturated rings. The second-order valence-electron chi connectivity index (χ2n) is 13.1. The number of nitrogens with one attached hydrogen (secondary N) is 2. The normalized spacial score (nSPS) is 46.7. The van der Waals surface area contributed by atoms with Gasteiger partial charge in [-0.2, -0.15) is 0 Å². The molecule has 3 heterocycles. The Morgan fingerprint density at radius 1 is 0.686 bits per heavy atom. The minimum absolute atomic E-state index is 0.0297. The molecule has 24 heteroatoms. The second kappa shape index (κ2) is 18.6. The van der Waals surface area contributed by atoms with Crippen molar-refractivity contribution in [3.05, 3.63) is 0 Å². The molecule has 300 valence electrons. The van der Waals surface area contributed by atoms with Crippen LogP contribution in [0.1, 0.15) is 6.42 Å². The Morgan fingerprint density at radius 2 is 1.24 bits per heavy atom. The molecule has 0 aromatic carbocycles. The summed E-state index contributed by atoms with van der Waals surface area (Å²) in [6.07, 6.45) is -22.2. The summed E-state index contributed by atoms with van der Waals surface area (Å²) < 4.78 is 62.8. The molecule has 4 aliphatic rings. The highest BCUT2D eigenvalue weighted by Crippen LogP contribution is 2.35. The standard InChI is InChI=1S/C27H55N7O16S/c28-1-4-51(43,44)34-10-5-9(30)22(48-26-15(32)20(41)18(39)12(46-26)7-33-2-3-35)24(16(10)37)50-27-21(42)23(13(8-36)47-27)49-25-14(31)19(40)17(38)11(6-29)45-25/h9-27,33-42H,1-8,28-32H2/t9-,10+,11-,12+,13+,14+,15+,16-,17+,18+,19+,20+,21+,22+,23+,24+,25+,26+,27-/m0/s1. The SMILES string of the molecule is NCCS(=O)(=O)N[C@@H]1C[C@H](N)[C@@H](O[C@H]2O[C@H](CNCCO)[C@@H](O)[C@H](O)[C@H]2N)[C@H](O[C@@H]2O[C@H](CO)[C@@H](O[C@H]3O[C@@H](CN)[C@@H](O)[C@H](O)[C@H]3N)[C@H]2O)[C@H]1O. The van der Waals surface area contributed by atoms with E-state index in [1.54, 1.807) is 0 Å². The zero-order valence-electron chi connectivity index (χ0n) is 27.8. The van der Waals surface area contributed by atoms with E-state index >= 15 is 0 Å². The van der Waals surface area contributed by atoms with Gasteiger partial charge in [-0.05, 0) is 6.42 Å². The van der Waals surface area contributed by atoms with Gasteiger partial charge in [-0.1, -0.05) is 0 Å². The van der Waals surface area contributed by atoms with E-state index in [1.807, 2.05) is 0 Å². The Bertz CT molecular complexity index is 1190. The van der Waals surface area contributed by atoms with Crippen molar-refractivity contribution < 1.29 is 77.7 Å². The first-order chi connectivity index (χ1) is 24.1. The average molecular weight is 766 g/mol. The van der Waals surface area contributed by atoms with Crippen LogP contribution in [0.4, 0.5) is 0 Å². The third-order valence-electron chi connectivity index (χ3n) is 9.45. The highest BCUT2D eigenvalue weighted by atomic mass is 32.2. The molecule has 0 aromatic heterocycles. The van der Waals surface area contributed by atoms with Crippen molar-refractivity contribution in [2.24, 2.45) is 28.7 Å². The Kier molecular flexibility index (Phi) is 15.7. The highest BCUT2D eigenvalue weighted by Gasteiger charge is 2.55. The molecule has 1 saturated carbocycles. The molecular formula is C27H55N7O16S. The fraction of sp³-hybridized carbons (Fsp3) is 1.00. The minimum atomic E-state index is -4.02. The first kappa shape index (κ1) is 42.8. The van der Waals surface area contributed by atoms with Crippen LogP contribution < -0.4 is 38.7 Å². The summed E-state index contributed by atoms with van der Waals surface area (Å²) in [4.78, 5) is 0. The largest absolute Gasteiger partial charge is 0.395 e. The maximum absolute atomic E-state index is 12.6. The van der Waals surface area contributed by atoms with Crippen LogP contribution in [-0.2, 0) is 38.4 Å². The summed E-state index contributed by atoms with van der Waals surface area (Å²) in [5.74, 6) is -0.475. The van der Waals surface area contributed by atoms with Crippen LogP contribution in [0, 0.1) is 0 Å². The predicted octanol–water partition coefficient (Wildman–Crippen LogP) is -10.4. The zero-order chi connectivity index (χ0) is 37.8. The summed E-state index contributed by atoms with van der Waals surface area (Å²) in [7, 11) is -4.02. The van der Waals surface area contributed by atoms with Crippen LogP contribution in [0.3, 0.4) is 0 Å². The first-order valence-electron chi connectivity index (χ1n) is 16.7. The summed E-state index contributed by atoms with van der Waals surface area (Å²) >= 11 is 0. The lowest BCUT2D eigenvalue weighted by Gasteiger charge is -2.48. The molecule has 1 aliphatic carbocycles. The summed E-state index contributed by atoms with van der Waals surface area (Å²) in [5.41, 5.74) is 29.7. The predicted molar refractivity (Wildman–Crippen MR) is 171 cm³/mol. The summed E-state index contributed by atoms with van der Waals surface area (Å²) in [5, 5.41) is 86.7. The van der Waals surface area contributed by atoms with Gasteiger partial charge in [0.2, 0.25) is 10.0 Å². The van der Waals surface area contributed by atoms with Crippen molar-refractivity contribution >= 4 is 10.0 Å². The van der Waals surface area contributed by atoms with Crippen LogP contribution in [0.2, 0.25) is 0 Å². The van der Waals surface area contributed by atoms with Crippen LogP contribution >= 0.6 is 0 Å². The number of aliphatic hydroxyl groups excluding tert-OH is 8. The van der Waals surface area contributed by atoms with Gasteiger partial charge in [0.05, 0.1) is 43.2 Å². The molecule has 3 saturated heterocycles. The van der Waals surface area contributed by atoms with Crippen molar-refractivity contribution in [1.29, 1.82) is 0 Å². The molecule has 4 rings (SSSR count). The first-order valence-corrected chi connectivity index (χ1v) is 18.3. The van der Waals surface area contributed by atoms with Gasteiger partial charge in [0.25, 0.3) is 0 Å². The number of rotatable bonds is 16. The van der Waals surface area contributed by atoms with Gasteiger partial charge in [0.1, 0.15) is 67.1 Å². The van der Waals surface area contributed by atoms with E-state index in [0.29, 0.717) is 0 Å². The average Bonchev–Trinajstić information content (AvgIpc) is 3.38. The van der Waals surface area contributed by atoms with Gasteiger partial charge < -0.3 is 103 Å². The van der Waals surface area contributed by atoms with Crippen LogP contribution in [0.5, 0.6) is 0 Å². The van der Waals surface area contributed by atoms with Gasteiger partial charge in [0.15, 0.2) is 18.9 Å². The maximum Gasteiger partial charge on any atom is 0.213 e. The maximum atomic E-state index is 12.6. The van der Waals surface area contributed by atoms with Gasteiger partial charge in [-0.15, -0.1) is 0 Å². The number of hydrogen-bond acceptors (Lipinski definition) is 22. The molecule has 0 aromatic rings. The van der Waals surface area contributed by atoms with E-state index in [-0.39, 0.29) is 39.2 Å². The van der Waals surface area contributed by atoms with E-state index in [0.717, 1.165) is 0 Å². The van der Waals surface area contributed by atoms with Gasteiger partial charge >= 0.3 is 0 Å². The van der Waals surface area contributed by atoms with Crippen molar-refractivity contribution in [3.63, 3.8) is 0 Å². The Labute approximate surface area is 294 Å². The molecule has 0 spiro atoms. The van der Waals surface area contributed by atoms with Crippen LogP contribution in [0.15, 0.2) is 0 Å². The summed E-state index contributed by atoms with van der Waals surface area (Å²) in [6.45, 7) is -1.27. The Balaban J connectivity index is 1.58. The number of hydrogen-bond donors (Lipinski definition) is 15. The van der Waals surface area contributed by atoms with Crippen LogP contribution in [-0.4, -0.2) is 211 Å². The van der Waals surface area contributed by atoms with E-state index in [9.17, 15) is 44.2 Å². The Morgan fingerprint density at radius 3 is 1.80 bits per heavy atom. The van der Waals surface area contributed by atoms with E-state index in [1.165, 1.54) is 0 Å². The molecule has 0 amide bonds. The lowest BCUT2D eigenvalue weighted by molar-refractivity contribution is -0.307. The molecule has 0 bridgehead atoms. The van der Waals surface area contributed by atoms with Gasteiger partial charge in [-0.25, -0.2) is 13.1 Å². The van der Waals surface area contributed by atoms with Gasteiger partial charge in [0, 0.05) is 32.2 Å². The molecule has 51 heavy (non-hydrogen) atoms. The smallest absolute Gasteiger partial charge is 0.213 e. The molecule has 19 atom stereocenters. The molecule has 20 N–H and O–H groups in total. The monoisotopic (exact) mass is 765 g/mol. The third-order valence-corrected chi connectivity index (χ3v) is 10.9.